The SMILES string of the molecule is COc1ccc(-n2cc(-c3ccc(C)cc3)nc2SCC(=O)Nc2ccccc2)cc1. The first-order chi connectivity index (χ1) is 15.1. The topological polar surface area (TPSA) is 56.2 Å². The summed E-state index contributed by atoms with van der Waals surface area (Å²) in [4.78, 5) is 17.3. The summed E-state index contributed by atoms with van der Waals surface area (Å²) < 4.78 is 7.28. The molecule has 1 amide bonds. The minimum atomic E-state index is -0.0719. The highest BCUT2D eigenvalue weighted by Gasteiger charge is 2.14. The molecule has 4 aromatic rings. The molecule has 5 nitrogen and oxygen atoms in total. The molecule has 0 radical (unpaired) electrons. The molecule has 0 atom stereocenters. The first-order valence-corrected chi connectivity index (χ1v) is 10.9. The Bertz CT molecular complexity index is 1150. The first-order valence-electron chi connectivity index (χ1n) is 9.91. The van der Waals surface area contributed by atoms with E-state index >= 15 is 0 Å². The Morgan fingerprint density at radius 2 is 1.71 bits per heavy atom. The van der Waals surface area contributed by atoms with Crippen molar-refractivity contribution in [3.63, 3.8) is 0 Å². The van der Waals surface area contributed by atoms with E-state index in [0.717, 1.165) is 33.5 Å². The predicted molar refractivity (Wildman–Crippen MR) is 126 cm³/mol. The van der Waals surface area contributed by atoms with Gasteiger partial charge in [0.15, 0.2) is 5.16 Å². The molecule has 0 spiro atoms. The molecule has 6 heteroatoms. The molecule has 1 N–H and O–H groups in total. The Hall–Kier alpha value is -3.51. The monoisotopic (exact) mass is 429 g/mol. The number of hydrogen-bond donors (Lipinski definition) is 1. The third-order valence-electron chi connectivity index (χ3n) is 4.76. The molecule has 1 aromatic heterocycles. The van der Waals surface area contributed by atoms with Gasteiger partial charge in [-0.1, -0.05) is 59.8 Å². The lowest BCUT2D eigenvalue weighted by molar-refractivity contribution is -0.113. The van der Waals surface area contributed by atoms with Gasteiger partial charge in [-0.2, -0.15) is 0 Å². The van der Waals surface area contributed by atoms with Gasteiger partial charge in [0.05, 0.1) is 18.6 Å². The molecule has 0 unspecified atom stereocenters. The number of thioether (sulfide) groups is 1. The number of aromatic nitrogens is 2. The zero-order valence-electron chi connectivity index (χ0n) is 17.4. The highest BCUT2D eigenvalue weighted by Crippen LogP contribution is 2.28. The largest absolute Gasteiger partial charge is 0.497 e. The number of nitrogens with one attached hydrogen (secondary N) is 1. The van der Waals surface area contributed by atoms with Gasteiger partial charge in [-0.3, -0.25) is 9.36 Å². The molecule has 0 saturated heterocycles. The van der Waals surface area contributed by atoms with Crippen LogP contribution in [-0.2, 0) is 4.79 Å². The van der Waals surface area contributed by atoms with Crippen LogP contribution in [0.2, 0.25) is 0 Å². The maximum absolute atomic E-state index is 12.4. The third kappa shape index (κ3) is 5.16. The fourth-order valence-electron chi connectivity index (χ4n) is 3.10. The molecular weight excluding hydrogens is 406 g/mol. The van der Waals surface area contributed by atoms with Crippen molar-refractivity contribution < 1.29 is 9.53 Å². The lowest BCUT2D eigenvalue weighted by atomic mass is 10.1. The maximum atomic E-state index is 12.4. The number of imidazole rings is 1. The number of nitrogens with zero attached hydrogens (tertiary/aromatic N) is 2. The fourth-order valence-corrected chi connectivity index (χ4v) is 3.90. The number of anilines is 1. The second kappa shape index (κ2) is 9.53. The van der Waals surface area contributed by atoms with Crippen molar-refractivity contribution in [1.29, 1.82) is 0 Å². The fraction of sp³-hybridized carbons (Fsp3) is 0.120. The van der Waals surface area contributed by atoms with Crippen LogP contribution in [0.4, 0.5) is 5.69 Å². The average molecular weight is 430 g/mol. The lowest BCUT2D eigenvalue weighted by Crippen LogP contribution is -2.14. The molecule has 0 aliphatic rings. The number of amides is 1. The van der Waals surface area contributed by atoms with E-state index in [0.29, 0.717) is 0 Å². The Kier molecular flexibility index (Phi) is 6.38. The van der Waals surface area contributed by atoms with Crippen LogP contribution in [-0.4, -0.2) is 28.3 Å². The minimum absolute atomic E-state index is 0.0719. The van der Waals surface area contributed by atoms with Gasteiger partial charge >= 0.3 is 0 Å². The first kappa shape index (κ1) is 20.8. The summed E-state index contributed by atoms with van der Waals surface area (Å²) in [5.41, 5.74) is 4.84. The number of aryl methyl sites for hydroxylation is 1. The number of methoxy groups -OCH3 is 1. The molecule has 0 aliphatic heterocycles. The second-order valence-corrected chi connectivity index (χ2v) is 7.99. The summed E-state index contributed by atoms with van der Waals surface area (Å²) in [5.74, 6) is 0.978. The number of benzene rings is 3. The molecule has 0 bridgehead atoms. The van der Waals surface area contributed by atoms with Gasteiger partial charge < -0.3 is 10.1 Å². The average Bonchev–Trinajstić information content (AvgIpc) is 3.23. The van der Waals surface area contributed by atoms with E-state index in [-0.39, 0.29) is 11.7 Å². The quantitative estimate of drug-likeness (QED) is 0.389. The van der Waals surface area contributed by atoms with Gasteiger partial charge in [-0.05, 0) is 43.3 Å². The third-order valence-corrected chi connectivity index (χ3v) is 5.71. The van der Waals surface area contributed by atoms with E-state index in [1.165, 1.54) is 17.3 Å². The molecular formula is C25H23N3O2S. The number of para-hydroxylation sites is 1. The Balaban J connectivity index is 1.59. The van der Waals surface area contributed by atoms with Crippen LogP contribution in [0.5, 0.6) is 5.75 Å². The molecule has 1 heterocycles. The summed E-state index contributed by atoms with van der Waals surface area (Å²) in [7, 11) is 1.65. The zero-order valence-corrected chi connectivity index (χ0v) is 18.2. The minimum Gasteiger partial charge on any atom is -0.497 e. The van der Waals surface area contributed by atoms with Crippen LogP contribution in [0.25, 0.3) is 16.9 Å². The van der Waals surface area contributed by atoms with E-state index in [2.05, 4.69) is 36.5 Å². The van der Waals surface area contributed by atoms with Gasteiger partial charge in [0.25, 0.3) is 0 Å². The number of carbonyl (C=O) groups is 1. The Morgan fingerprint density at radius 3 is 2.39 bits per heavy atom. The summed E-state index contributed by atoms with van der Waals surface area (Å²) in [5, 5.41) is 3.67. The van der Waals surface area contributed by atoms with E-state index in [9.17, 15) is 4.79 Å². The van der Waals surface area contributed by atoms with Crippen molar-refractivity contribution in [2.45, 2.75) is 12.1 Å². The zero-order chi connectivity index (χ0) is 21.6. The van der Waals surface area contributed by atoms with Gasteiger partial charge in [0, 0.05) is 23.1 Å². The summed E-state index contributed by atoms with van der Waals surface area (Å²) in [6.45, 7) is 2.06. The van der Waals surface area contributed by atoms with Crippen molar-refractivity contribution in [3.05, 3.63) is 90.6 Å². The van der Waals surface area contributed by atoms with Gasteiger partial charge in [0.1, 0.15) is 5.75 Å². The van der Waals surface area contributed by atoms with Crippen LogP contribution >= 0.6 is 11.8 Å². The second-order valence-electron chi connectivity index (χ2n) is 7.05. The van der Waals surface area contributed by atoms with Crippen molar-refractivity contribution in [2.75, 3.05) is 18.2 Å². The number of hydrogen-bond acceptors (Lipinski definition) is 4. The molecule has 31 heavy (non-hydrogen) atoms. The number of rotatable bonds is 7. The van der Waals surface area contributed by atoms with Crippen molar-refractivity contribution >= 4 is 23.4 Å². The summed E-state index contributed by atoms with van der Waals surface area (Å²) in [6, 6.07) is 25.5. The maximum Gasteiger partial charge on any atom is 0.234 e. The summed E-state index contributed by atoms with van der Waals surface area (Å²) >= 11 is 1.41. The molecule has 156 valence electrons. The highest BCUT2D eigenvalue weighted by molar-refractivity contribution is 7.99. The molecule has 0 saturated carbocycles. The smallest absolute Gasteiger partial charge is 0.234 e. The Labute approximate surface area is 186 Å². The van der Waals surface area contributed by atoms with Gasteiger partial charge in [-0.25, -0.2) is 4.98 Å². The number of carbonyl (C=O) groups excluding carboxylic acids is 1. The van der Waals surface area contributed by atoms with Gasteiger partial charge in [0.2, 0.25) is 5.91 Å². The van der Waals surface area contributed by atoms with E-state index in [1.807, 2.05) is 65.4 Å². The van der Waals surface area contributed by atoms with Crippen LogP contribution in [0.15, 0.2) is 90.2 Å². The van der Waals surface area contributed by atoms with Crippen LogP contribution in [0.3, 0.4) is 0 Å². The van der Waals surface area contributed by atoms with Crippen LogP contribution in [0, 0.1) is 6.92 Å². The standard InChI is InChI=1S/C25H23N3O2S/c1-18-8-10-19(11-9-18)23-16-28(21-12-14-22(30-2)15-13-21)25(27-23)31-17-24(29)26-20-6-4-3-5-7-20/h3-16H,17H2,1-2H3,(H,26,29). The van der Waals surface area contributed by atoms with Crippen LogP contribution < -0.4 is 10.1 Å². The van der Waals surface area contributed by atoms with Gasteiger partial charge in [-0.15, -0.1) is 0 Å². The van der Waals surface area contributed by atoms with Crippen molar-refractivity contribution in [1.82, 2.24) is 9.55 Å². The van der Waals surface area contributed by atoms with E-state index in [1.54, 1.807) is 7.11 Å². The highest BCUT2D eigenvalue weighted by atomic mass is 32.2. The predicted octanol–water partition coefficient (Wildman–Crippen LogP) is 5.59. The van der Waals surface area contributed by atoms with E-state index in [4.69, 9.17) is 9.72 Å². The number of ether oxygens (including phenoxy) is 1. The molecule has 0 aliphatic carbocycles. The van der Waals surface area contributed by atoms with E-state index < -0.39 is 0 Å². The van der Waals surface area contributed by atoms with Crippen LogP contribution in [0.1, 0.15) is 5.56 Å². The normalized spacial score (nSPS) is 10.6. The molecule has 3 aromatic carbocycles. The summed E-state index contributed by atoms with van der Waals surface area (Å²) in [6.07, 6.45) is 2.00. The van der Waals surface area contributed by atoms with Crippen molar-refractivity contribution in [3.8, 4) is 22.7 Å². The Morgan fingerprint density at radius 1 is 1.00 bits per heavy atom. The van der Waals surface area contributed by atoms with Crippen molar-refractivity contribution in [2.24, 2.45) is 0 Å². The molecule has 4 rings (SSSR count). The lowest BCUT2D eigenvalue weighted by Gasteiger charge is -2.08. The molecule has 0 fully saturated rings.